The van der Waals surface area contributed by atoms with E-state index in [1.807, 2.05) is 0 Å². The second-order valence-electron chi connectivity index (χ2n) is 4.71. The van der Waals surface area contributed by atoms with Crippen molar-refractivity contribution in [3.8, 4) is 0 Å². The van der Waals surface area contributed by atoms with Gasteiger partial charge in [0.2, 0.25) is 0 Å². The highest BCUT2D eigenvalue weighted by atomic mass is 15.3. The van der Waals surface area contributed by atoms with Crippen molar-refractivity contribution in [1.29, 1.82) is 0 Å². The van der Waals surface area contributed by atoms with Crippen LogP contribution in [0, 0.1) is 11.8 Å². The summed E-state index contributed by atoms with van der Waals surface area (Å²) in [7, 11) is 2.26. The Morgan fingerprint density at radius 1 is 1.33 bits per heavy atom. The van der Waals surface area contributed by atoms with Gasteiger partial charge in [0.1, 0.15) is 0 Å². The maximum Gasteiger partial charge on any atom is 0.0249 e. The minimum absolute atomic E-state index is 0.972. The zero-order valence-electron chi connectivity index (χ0n) is 8.42. The molecule has 0 bridgehead atoms. The smallest absolute Gasteiger partial charge is 0.0249 e. The largest absolute Gasteiger partial charge is 0.300 e. The van der Waals surface area contributed by atoms with Crippen LogP contribution < -0.4 is 0 Å². The molecule has 2 rings (SSSR count). The number of hydrogen-bond donors (Lipinski definition) is 0. The molecule has 1 saturated heterocycles. The molecule has 0 radical (unpaired) electrons. The Morgan fingerprint density at radius 3 is 2.67 bits per heavy atom. The molecule has 2 fully saturated rings. The molecular formula is C11H21N. The quantitative estimate of drug-likeness (QED) is 0.571. The lowest BCUT2D eigenvalue weighted by Crippen LogP contribution is -2.21. The van der Waals surface area contributed by atoms with Gasteiger partial charge in [-0.25, -0.2) is 0 Å². The Balaban J connectivity index is 1.82. The summed E-state index contributed by atoms with van der Waals surface area (Å²) in [5.74, 6) is 2.10. The van der Waals surface area contributed by atoms with Crippen molar-refractivity contribution in [2.24, 2.45) is 11.8 Å². The first kappa shape index (κ1) is 8.55. The standard InChI is InChI=1S/C11H21N/c1-3-9-5-4-6-10(7-9)11-8-12(11)2/h9-11H,3-8H2,1-2H3. The van der Waals surface area contributed by atoms with E-state index >= 15 is 0 Å². The van der Waals surface area contributed by atoms with E-state index in [-0.39, 0.29) is 0 Å². The Hall–Kier alpha value is -0.0400. The lowest BCUT2D eigenvalue weighted by atomic mass is 9.78. The van der Waals surface area contributed by atoms with Crippen LogP contribution >= 0.6 is 0 Å². The molecule has 0 aromatic heterocycles. The van der Waals surface area contributed by atoms with E-state index in [9.17, 15) is 0 Å². The second kappa shape index (κ2) is 3.37. The zero-order valence-corrected chi connectivity index (χ0v) is 8.42. The van der Waals surface area contributed by atoms with E-state index < -0.39 is 0 Å². The fourth-order valence-electron chi connectivity index (χ4n) is 2.81. The highest BCUT2D eigenvalue weighted by Gasteiger charge is 2.39. The van der Waals surface area contributed by atoms with Crippen LogP contribution in [0.4, 0.5) is 0 Å². The summed E-state index contributed by atoms with van der Waals surface area (Å²) in [4.78, 5) is 2.50. The van der Waals surface area contributed by atoms with Crippen molar-refractivity contribution < 1.29 is 0 Å². The predicted octanol–water partition coefficient (Wildman–Crippen LogP) is 2.52. The van der Waals surface area contributed by atoms with Gasteiger partial charge in [0.25, 0.3) is 0 Å². The highest BCUT2D eigenvalue weighted by Crippen LogP contribution is 2.38. The average molecular weight is 167 g/mol. The van der Waals surface area contributed by atoms with Gasteiger partial charge < -0.3 is 4.90 Å². The molecule has 4 atom stereocenters. The summed E-state index contributed by atoms with van der Waals surface area (Å²) in [5.41, 5.74) is 0. The number of nitrogens with zero attached hydrogens (tertiary/aromatic N) is 1. The summed E-state index contributed by atoms with van der Waals surface area (Å²) in [6, 6.07) is 0.972. The first-order valence-corrected chi connectivity index (χ1v) is 5.51. The van der Waals surface area contributed by atoms with E-state index in [0.29, 0.717) is 0 Å². The van der Waals surface area contributed by atoms with Gasteiger partial charge >= 0.3 is 0 Å². The van der Waals surface area contributed by atoms with E-state index in [4.69, 9.17) is 0 Å². The summed E-state index contributed by atoms with van der Waals surface area (Å²) in [6.07, 6.45) is 7.43. The third-order valence-electron chi connectivity index (χ3n) is 3.85. The monoisotopic (exact) mass is 167 g/mol. The van der Waals surface area contributed by atoms with Gasteiger partial charge in [-0.15, -0.1) is 0 Å². The van der Waals surface area contributed by atoms with Gasteiger partial charge in [-0.1, -0.05) is 26.2 Å². The zero-order chi connectivity index (χ0) is 8.55. The summed E-state index contributed by atoms with van der Waals surface area (Å²) >= 11 is 0. The van der Waals surface area contributed by atoms with E-state index in [2.05, 4.69) is 18.9 Å². The Kier molecular flexibility index (Phi) is 2.40. The molecule has 2 aliphatic rings. The molecule has 1 nitrogen and oxygen atoms in total. The molecule has 0 spiro atoms. The van der Waals surface area contributed by atoms with Crippen molar-refractivity contribution >= 4 is 0 Å². The van der Waals surface area contributed by atoms with Crippen LogP contribution in [0.5, 0.6) is 0 Å². The molecule has 0 aromatic rings. The Labute approximate surface area is 76.1 Å². The maximum atomic E-state index is 2.50. The number of rotatable bonds is 2. The molecule has 0 amide bonds. The minimum atomic E-state index is 0.972. The Morgan fingerprint density at radius 2 is 2.08 bits per heavy atom. The van der Waals surface area contributed by atoms with E-state index in [0.717, 1.165) is 17.9 Å². The van der Waals surface area contributed by atoms with Crippen molar-refractivity contribution in [2.45, 2.75) is 45.1 Å². The highest BCUT2D eigenvalue weighted by molar-refractivity contribution is 4.94. The van der Waals surface area contributed by atoms with E-state index in [1.54, 1.807) is 0 Å². The van der Waals surface area contributed by atoms with Crippen LogP contribution in [0.1, 0.15) is 39.0 Å². The first-order chi connectivity index (χ1) is 5.81. The van der Waals surface area contributed by atoms with Gasteiger partial charge in [0.15, 0.2) is 0 Å². The van der Waals surface area contributed by atoms with Crippen molar-refractivity contribution in [3.05, 3.63) is 0 Å². The van der Waals surface area contributed by atoms with Crippen LogP contribution in [0.3, 0.4) is 0 Å². The van der Waals surface area contributed by atoms with Crippen LogP contribution in [0.2, 0.25) is 0 Å². The van der Waals surface area contributed by atoms with Gasteiger partial charge in [-0.05, 0) is 31.7 Å². The third-order valence-corrected chi connectivity index (χ3v) is 3.85. The van der Waals surface area contributed by atoms with Crippen molar-refractivity contribution in [1.82, 2.24) is 4.90 Å². The molecule has 4 unspecified atom stereocenters. The summed E-state index contributed by atoms with van der Waals surface area (Å²) < 4.78 is 0. The number of hydrogen-bond acceptors (Lipinski definition) is 1. The lowest BCUT2D eigenvalue weighted by Gasteiger charge is -2.28. The average Bonchev–Trinajstić information content (AvgIpc) is 2.83. The van der Waals surface area contributed by atoms with Crippen LogP contribution in [-0.2, 0) is 0 Å². The van der Waals surface area contributed by atoms with Gasteiger partial charge in [0.05, 0.1) is 0 Å². The van der Waals surface area contributed by atoms with Gasteiger partial charge in [-0.2, -0.15) is 0 Å². The van der Waals surface area contributed by atoms with Crippen LogP contribution in [0.25, 0.3) is 0 Å². The lowest BCUT2D eigenvalue weighted by molar-refractivity contribution is 0.243. The molecule has 0 aromatic carbocycles. The van der Waals surface area contributed by atoms with Gasteiger partial charge in [0, 0.05) is 12.6 Å². The van der Waals surface area contributed by atoms with Crippen molar-refractivity contribution in [2.75, 3.05) is 13.6 Å². The summed E-state index contributed by atoms with van der Waals surface area (Å²) in [6.45, 7) is 3.73. The molecule has 1 heterocycles. The minimum Gasteiger partial charge on any atom is -0.300 e. The molecule has 70 valence electrons. The number of likely N-dealkylation sites (N-methyl/N-ethyl adjacent to an activating group) is 1. The fraction of sp³-hybridized carbons (Fsp3) is 1.00. The Bertz CT molecular complexity index is 155. The maximum absolute atomic E-state index is 2.50. The first-order valence-electron chi connectivity index (χ1n) is 5.51. The van der Waals surface area contributed by atoms with E-state index in [1.165, 1.54) is 38.6 Å². The van der Waals surface area contributed by atoms with Crippen LogP contribution in [0.15, 0.2) is 0 Å². The topological polar surface area (TPSA) is 3.01 Å². The molecule has 1 heteroatoms. The normalized spacial score (nSPS) is 47.5. The van der Waals surface area contributed by atoms with Crippen molar-refractivity contribution in [3.63, 3.8) is 0 Å². The predicted molar refractivity (Wildman–Crippen MR) is 52.2 cm³/mol. The third kappa shape index (κ3) is 1.66. The molecule has 0 N–H and O–H groups in total. The fourth-order valence-corrected chi connectivity index (χ4v) is 2.81. The molecule has 1 saturated carbocycles. The van der Waals surface area contributed by atoms with Gasteiger partial charge in [-0.3, -0.25) is 0 Å². The SMILES string of the molecule is CCC1CCCC(C2CN2C)C1. The molecule has 1 aliphatic heterocycles. The molecular weight excluding hydrogens is 146 g/mol. The van der Waals surface area contributed by atoms with Crippen LogP contribution in [-0.4, -0.2) is 24.5 Å². The summed E-state index contributed by atoms with van der Waals surface area (Å²) in [5, 5.41) is 0. The molecule has 1 aliphatic carbocycles. The molecule has 12 heavy (non-hydrogen) atoms. The second-order valence-corrected chi connectivity index (χ2v) is 4.71.